The minimum Gasteiger partial charge on any atom is -0.474 e. The number of amides is 1. The van der Waals surface area contributed by atoms with Crippen molar-refractivity contribution in [3.63, 3.8) is 0 Å². The molecule has 4 rings (SSSR count). The summed E-state index contributed by atoms with van der Waals surface area (Å²) in [5.41, 5.74) is 0.644. The molecular weight excluding hydrogens is 459 g/mol. The summed E-state index contributed by atoms with van der Waals surface area (Å²) >= 11 is 0. The zero-order valence-corrected chi connectivity index (χ0v) is 19.2. The number of hydrogen-bond donors (Lipinski definition) is 2. The summed E-state index contributed by atoms with van der Waals surface area (Å²) in [6, 6.07) is 11.2. The molecule has 1 saturated heterocycles. The molecule has 1 aliphatic rings. The van der Waals surface area contributed by atoms with Crippen LogP contribution in [0.1, 0.15) is 34.3 Å². The lowest BCUT2D eigenvalue weighted by Crippen LogP contribution is -2.35. The fourth-order valence-electron chi connectivity index (χ4n) is 3.75. The average molecular weight is 486 g/mol. The second-order valence-electron chi connectivity index (χ2n) is 8.41. The summed E-state index contributed by atoms with van der Waals surface area (Å²) in [7, 11) is 2.09. The van der Waals surface area contributed by atoms with Gasteiger partial charge in [0, 0.05) is 43.8 Å². The molecule has 3 aromatic rings. The molecule has 1 aliphatic heterocycles. The van der Waals surface area contributed by atoms with Crippen molar-refractivity contribution in [3.05, 3.63) is 77.6 Å². The Bertz CT molecular complexity index is 1150. The van der Waals surface area contributed by atoms with Gasteiger partial charge < -0.3 is 20.3 Å². The van der Waals surface area contributed by atoms with Gasteiger partial charge in [-0.15, -0.1) is 0 Å². The number of benzene rings is 1. The van der Waals surface area contributed by atoms with E-state index in [0.29, 0.717) is 18.2 Å². The number of piperidine rings is 1. The van der Waals surface area contributed by atoms with Crippen LogP contribution in [0.25, 0.3) is 0 Å². The van der Waals surface area contributed by atoms with Gasteiger partial charge in [-0.25, -0.2) is 9.97 Å². The first-order valence-corrected chi connectivity index (χ1v) is 11.3. The third kappa shape index (κ3) is 6.69. The monoisotopic (exact) mass is 485 g/mol. The topological polar surface area (TPSA) is 79.4 Å². The van der Waals surface area contributed by atoms with E-state index in [4.69, 9.17) is 4.74 Å². The molecule has 0 radical (unpaired) electrons. The molecule has 0 bridgehead atoms. The van der Waals surface area contributed by atoms with Gasteiger partial charge in [-0.05, 0) is 67.9 Å². The third-order valence-electron chi connectivity index (χ3n) is 5.73. The smallest absolute Gasteiger partial charge is 0.416 e. The number of pyridine rings is 2. The van der Waals surface area contributed by atoms with Crippen LogP contribution in [0.4, 0.5) is 24.7 Å². The first kappa shape index (κ1) is 24.5. The van der Waals surface area contributed by atoms with Crippen molar-refractivity contribution >= 4 is 17.4 Å². The fourth-order valence-corrected chi connectivity index (χ4v) is 3.75. The molecule has 0 saturated carbocycles. The summed E-state index contributed by atoms with van der Waals surface area (Å²) in [5.74, 6) is 0.424. The number of anilines is 2. The number of likely N-dealkylation sites (tertiary alicyclic amines) is 1. The molecule has 10 heteroatoms. The molecule has 0 atom stereocenters. The maximum absolute atomic E-state index is 12.8. The summed E-state index contributed by atoms with van der Waals surface area (Å²) in [4.78, 5) is 23.6. The first-order chi connectivity index (χ1) is 16.8. The van der Waals surface area contributed by atoms with E-state index in [9.17, 15) is 18.0 Å². The van der Waals surface area contributed by atoms with Crippen LogP contribution in [0, 0.1) is 0 Å². The van der Waals surface area contributed by atoms with Gasteiger partial charge in [0.1, 0.15) is 11.9 Å². The van der Waals surface area contributed by atoms with E-state index in [1.54, 1.807) is 24.5 Å². The third-order valence-corrected chi connectivity index (χ3v) is 5.73. The second-order valence-corrected chi connectivity index (χ2v) is 8.41. The lowest BCUT2D eigenvalue weighted by atomic mass is 10.1. The molecule has 0 aliphatic carbocycles. The predicted molar refractivity (Wildman–Crippen MR) is 126 cm³/mol. The van der Waals surface area contributed by atoms with Gasteiger partial charge >= 0.3 is 6.18 Å². The van der Waals surface area contributed by atoms with E-state index in [0.717, 1.165) is 43.6 Å². The van der Waals surface area contributed by atoms with Gasteiger partial charge in [0.15, 0.2) is 0 Å². The summed E-state index contributed by atoms with van der Waals surface area (Å²) in [6.45, 7) is 2.36. The van der Waals surface area contributed by atoms with Gasteiger partial charge in [-0.1, -0.05) is 0 Å². The Morgan fingerprint density at radius 3 is 2.54 bits per heavy atom. The molecule has 1 amide bonds. The Kier molecular flexibility index (Phi) is 7.50. The predicted octanol–water partition coefficient (Wildman–Crippen LogP) is 4.83. The fraction of sp³-hybridized carbons (Fsp3) is 0.320. The van der Waals surface area contributed by atoms with Crippen LogP contribution in [0.3, 0.4) is 0 Å². The van der Waals surface area contributed by atoms with E-state index in [-0.39, 0.29) is 17.4 Å². The van der Waals surface area contributed by atoms with E-state index in [1.807, 2.05) is 12.1 Å². The maximum atomic E-state index is 12.8. The quantitative estimate of drug-likeness (QED) is 0.499. The lowest BCUT2D eigenvalue weighted by molar-refractivity contribution is -0.137. The highest BCUT2D eigenvalue weighted by atomic mass is 19.4. The number of carbonyl (C=O) groups excluding carboxylic acids is 1. The second kappa shape index (κ2) is 10.7. The number of nitrogens with one attached hydrogen (secondary N) is 2. The van der Waals surface area contributed by atoms with Crippen molar-refractivity contribution in [1.82, 2.24) is 14.9 Å². The van der Waals surface area contributed by atoms with Crippen molar-refractivity contribution in [2.24, 2.45) is 0 Å². The normalized spacial score (nSPS) is 15.0. The van der Waals surface area contributed by atoms with Crippen LogP contribution < -0.4 is 15.4 Å². The van der Waals surface area contributed by atoms with Gasteiger partial charge in [0.05, 0.1) is 11.1 Å². The van der Waals surface area contributed by atoms with Gasteiger partial charge in [0.2, 0.25) is 5.88 Å². The Labute approximate surface area is 201 Å². The van der Waals surface area contributed by atoms with Crippen molar-refractivity contribution < 1.29 is 22.7 Å². The number of rotatable bonds is 7. The summed E-state index contributed by atoms with van der Waals surface area (Å²) < 4.78 is 44.3. The number of carbonyl (C=O) groups is 1. The summed E-state index contributed by atoms with van der Waals surface area (Å²) in [5, 5.41) is 5.76. The van der Waals surface area contributed by atoms with Crippen LogP contribution in [0.5, 0.6) is 5.88 Å². The molecule has 184 valence electrons. The number of aromatic nitrogens is 2. The van der Waals surface area contributed by atoms with Crippen LogP contribution in [0.2, 0.25) is 0 Å². The van der Waals surface area contributed by atoms with Gasteiger partial charge in [-0.3, -0.25) is 4.79 Å². The minimum atomic E-state index is -4.44. The zero-order valence-electron chi connectivity index (χ0n) is 19.2. The molecule has 1 fully saturated rings. The van der Waals surface area contributed by atoms with Gasteiger partial charge in [0.25, 0.3) is 5.91 Å². The molecule has 0 unspecified atom stereocenters. The Morgan fingerprint density at radius 1 is 1.09 bits per heavy atom. The number of halogens is 3. The Morgan fingerprint density at radius 2 is 1.83 bits per heavy atom. The largest absolute Gasteiger partial charge is 0.474 e. The van der Waals surface area contributed by atoms with Crippen LogP contribution in [-0.2, 0) is 12.7 Å². The van der Waals surface area contributed by atoms with Crippen molar-refractivity contribution in [3.8, 4) is 5.88 Å². The van der Waals surface area contributed by atoms with Crippen molar-refractivity contribution in [2.75, 3.05) is 30.8 Å². The highest BCUT2D eigenvalue weighted by Crippen LogP contribution is 2.30. The van der Waals surface area contributed by atoms with Gasteiger partial charge in [-0.2, -0.15) is 13.2 Å². The maximum Gasteiger partial charge on any atom is 0.416 e. The number of ether oxygens (including phenoxy) is 1. The molecule has 0 spiro atoms. The van der Waals surface area contributed by atoms with Crippen molar-refractivity contribution in [2.45, 2.75) is 31.7 Å². The number of hydrogen-bond acceptors (Lipinski definition) is 6. The van der Waals surface area contributed by atoms with Crippen LogP contribution >= 0.6 is 0 Å². The van der Waals surface area contributed by atoms with E-state index < -0.39 is 17.6 Å². The number of nitrogens with zero attached hydrogens (tertiary/aromatic N) is 3. The lowest BCUT2D eigenvalue weighted by Gasteiger charge is -2.29. The number of alkyl halides is 3. The minimum absolute atomic E-state index is 0.137. The van der Waals surface area contributed by atoms with Crippen LogP contribution in [0.15, 0.2) is 60.9 Å². The zero-order chi connectivity index (χ0) is 24.8. The van der Waals surface area contributed by atoms with E-state index >= 15 is 0 Å². The first-order valence-electron chi connectivity index (χ1n) is 11.3. The van der Waals surface area contributed by atoms with Crippen molar-refractivity contribution in [1.29, 1.82) is 0 Å². The Balaban J connectivity index is 1.38. The SMILES string of the molecule is CN1CCC(Oc2cc(CNc3ncccc3C(=O)Nc3ccc(C(F)(F)F)cc3)ccn2)CC1. The highest BCUT2D eigenvalue weighted by molar-refractivity contribution is 6.07. The molecule has 35 heavy (non-hydrogen) atoms. The molecular formula is C25H26F3N5O2. The molecule has 3 heterocycles. The molecule has 7 nitrogen and oxygen atoms in total. The standard InChI is InChI=1S/C25H26F3N5O2/c1-33-13-9-20(10-14-33)35-22-15-17(8-12-29-22)16-31-23-21(3-2-11-30-23)24(34)32-19-6-4-18(5-7-19)25(26,27)28/h2-8,11-12,15,20H,9-10,13-14,16H2,1H3,(H,30,31)(H,32,34). The van der Waals surface area contributed by atoms with Crippen LogP contribution in [-0.4, -0.2) is 47.0 Å². The average Bonchev–Trinajstić information content (AvgIpc) is 2.84. The molecule has 1 aromatic carbocycles. The highest BCUT2D eigenvalue weighted by Gasteiger charge is 2.30. The Hall–Kier alpha value is -3.66. The van der Waals surface area contributed by atoms with E-state index in [2.05, 4.69) is 32.5 Å². The van der Waals surface area contributed by atoms with E-state index in [1.165, 1.54) is 12.1 Å². The summed E-state index contributed by atoms with van der Waals surface area (Å²) in [6.07, 6.45) is 0.834. The molecule has 2 aromatic heterocycles. The molecule has 2 N–H and O–H groups in total.